The minimum atomic E-state index is -0.628. The maximum Gasteiger partial charge on any atom is 0.343 e. The molecule has 0 saturated carbocycles. The SMILES string of the molecule is CC(C)(c1cc(Cl)cc(Cl)c1)N1COCN(n2cccc2)C1=O. The molecule has 1 aliphatic rings. The van der Waals surface area contributed by atoms with Crippen LogP contribution >= 0.6 is 23.2 Å². The van der Waals surface area contributed by atoms with Gasteiger partial charge < -0.3 is 4.74 Å². The summed E-state index contributed by atoms with van der Waals surface area (Å²) in [5.41, 5.74) is 0.221. The van der Waals surface area contributed by atoms with Crippen LogP contribution in [0.5, 0.6) is 0 Å². The van der Waals surface area contributed by atoms with Crippen LogP contribution < -0.4 is 5.01 Å². The van der Waals surface area contributed by atoms with E-state index in [4.69, 9.17) is 27.9 Å². The van der Waals surface area contributed by atoms with E-state index in [0.29, 0.717) is 10.0 Å². The standard InChI is InChI=1S/C16H17Cl2N3O2/c1-16(2,12-7-13(17)9-14(18)8-12)20-10-23-11-21(15(20)22)19-5-3-4-6-19/h3-9H,10-11H2,1-2H3. The highest BCUT2D eigenvalue weighted by atomic mass is 35.5. The second-order valence-electron chi connectivity index (χ2n) is 5.85. The Bertz CT molecular complexity index is 696. The molecule has 0 bridgehead atoms. The number of amides is 2. The molecule has 0 unspecified atom stereocenters. The zero-order chi connectivity index (χ0) is 16.6. The van der Waals surface area contributed by atoms with Gasteiger partial charge in [0.15, 0.2) is 0 Å². The smallest absolute Gasteiger partial charge is 0.339 e. The number of carbonyl (C=O) groups is 1. The summed E-state index contributed by atoms with van der Waals surface area (Å²) < 4.78 is 7.31. The molecule has 1 fully saturated rings. The van der Waals surface area contributed by atoms with Crippen LogP contribution in [0.3, 0.4) is 0 Å². The number of nitrogens with zero attached hydrogens (tertiary/aromatic N) is 3. The summed E-state index contributed by atoms with van der Waals surface area (Å²) in [5, 5.41) is 2.60. The van der Waals surface area contributed by atoms with Crippen molar-refractivity contribution in [3.8, 4) is 0 Å². The van der Waals surface area contributed by atoms with Gasteiger partial charge >= 0.3 is 6.03 Å². The summed E-state index contributed by atoms with van der Waals surface area (Å²) in [7, 11) is 0. The average molecular weight is 354 g/mol. The molecule has 1 aromatic carbocycles. The number of aromatic nitrogens is 1. The highest BCUT2D eigenvalue weighted by Crippen LogP contribution is 2.33. The van der Waals surface area contributed by atoms with Crippen LogP contribution in [-0.2, 0) is 10.3 Å². The van der Waals surface area contributed by atoms with Crippen molar-refractivity contribution in [2.24, 2.45) is 0 Å². The predicted molar refractivity (Wildman–Crippen MR) is 90.2 cm³/mol. The predicted octanol–water partition coefficient (Wildman–Crippen LogP) is 4.04. The van der Waals surface area contributed by atoms with E-state index in [1.807, 2.05) is 38.1 Å². The third-order valence-corrected chi connectivity index (χ3v) is 4.43. The molecule has 2 aromatic rings. The van der Waals surface area contributed by atoms with E-state index in [1.54, 1.807) is 28.0 Å². The molecule has 2 heterocycles. The van der Waals surface area contributed by atoms with Crippen molar-refractivity contribution in [2.75, 3.05) is 18.5 Å². The summed E-state index contributed by atoms with van der Waals surface area (Å²) in [6, 6.07) is 8.87. The minimum Gasteiger partial charge on any atom is -0.339 e. The second-order valence-corrected chi connectivity index (χ2v) is 6.73. The van der Waals surface area contributed by atoms with E-state index in [-0.39, 0.29) is 19.5 Å². The molecule has 23 heavy (non-hydrogen) atoms. The quantitative estimate of drug-likeness (QED) is 0.835. The lowest BCUT2D eigenvalue weighted by Gasteiger charge is -2.44. The summed E-state index contributed by atoms with van der Waals surface area (Å²) in [6.07, 6.45) is 3.60. The number of carbonyl (C=O) groups excluding carboxylic acids is 1. The fourth-order valence-corrected chi connectivity index (χ4v) is 3.11. The lowest BCUT2D eigenvalue weighted by molar-refractivity contribution is -0.0284. The van der Waals surface area contributed by atoms with E-state index in [9.17, 15) is 4.79 Å². The van der Waals surface area contributed by atoms with Crippen molar-refractivity contribution in [3.63, 3.8) is 0 Å². The van der Waals surface area contributed by atoms with Crippen LogP contribution in [0.4, 0.5) is 4.79 Å². The normalized spacial score (nSPS) is 16.1. The first-order chi connectivity index (χ1) is 10.9. The Morgan fingerprint density at radius 2 is 1.65 bits per heavy atom. The first kappa shape index (κ1) is 16.2. The van der Waals surface area contributed by atoms with Crippen molar-refractivity contribution in [1.29, 1.82) is 0 Å². The molecule has 1 aromatic heterocycles. The van der Waals surface area contributed by atoms with E-state index < -0.39 is 5.54 Å². The first-order valence-electron chi connectivity index (χ1n) is 7.16. The van der Waals surface area contributed by atoms with E-state index >= 15 is 0 Å². The fourth-order valence-electron chi connectivity index (χ4n) is 2.58. The second kappa shape index (κ2) is 6.07. The third kappa shape index (κ3) is 3.04. The molecule has 2 amide bonds. The summed E-state index contributed by atoms with van der Waals surface area (Å²) in [5.74, 6) is 0. The molecule has 7 heteroatoms. The Hall–Kier alpha value is -1.69. The number of hydrogen-bond donors (Lipinski definition) is 0. The van der Waals surface area contributed by atoms with Gasteiger partial charge in [-0.2, -0.15) is 0 Å². The van der Waals surface area contributed by atoms with Crippen LogP contribution in [0.25, 0.3) is 0 Å². The molecule has 0 radical (unpaired) electrons. The zero-order valence-corrected chi connectivity index (χ0v) is 14.4. The minimum absolute atomic E-state index is 0.145. The lowest BCUT2D eigenvalue weighted by atomic mass is 9.92. The topological polar surface area (TPSA) is 37.7 Å². The van der Waals surface area contributed by atoms with Gasteiger partial charge in [0.2, 0.25) is 0 Å². The van der Waals surface area contributed by atoms with E-state index in [0.717, 1.165) is 5.56 Å². The largest absolute Gasteiger partial charge is 0.343 e. The number of urea groups is 1. The molecular weight excluding hydrogens is 337 g/mol. The van der Waals surface area contributed by atoms with Gasteiger partial charge in [0.1, 0.15) is 13.5 Å². The summed E-state index contributed by atoms with van der Waals surface area (Å²) >= 11 is 12.2. The van der Waals surface area contributed by atoms with Gasteiger partial charge in [-0.1, -0.05) is 23.2 Å². The van der Waals surface area contributed by atoms with Crippen molar-refractivity contribution in [3.05, 3.63) is 58.3 Å². The molecule has 1 saturated heterocycles. The van der Waals surface area contributed by atoms with Gasteiger partial charge in [-0.3, -0.25) is 9.58 Å². The monoisotopic (exact) mass is 353 g/mol. The van der Waals surface area contributed by atoms with Crippen molar-refractivity contribution in [2.45, 2.75) is 19.4 Å². The lowest BCUT2D eigenvalue weighted by Crippen LogP contribution is -2.60. The molecule has 3 rings (SSSR count). The molecule has 1 aliphatic heterocycles. The van der Waals surface area contributed by atoms with Crippen molar-refractivity contribution in [1.82, 2.24) is 9.58 Å². The van der Waals surface area contributed by atoms with Gasteiger partial charge in [-0.15, -0.1) is 0 Å². The van der Waals surface area contributed by atoms with Crippen LogP contribution in [0, 0.1) is 0 Å². The number of rotatable bonds is 3. The van der Waals surface area contributed by atoms with Crippen molar-refractivity contribution >= 4 is 29.2 Å². The zero-order valence-electron chi connectivity index (χ0n) is 12.9. The number of ether oxygens (including phenoxy) is 1. The molecular formula is C16H17Cl2N3O2. The molecule has 0 aliphatic carbocycles. The Kier molecular flexibility index (Phi) is 4.27. The van der Waals surface area contributed by atoms with Crippen molar-refractivity contribution < 1.29 is 9.53 Å². The van der Waals surface area contributed by atoms with E-state index in [1.165, 1.54) is 5.01 Å². The molecule has 5 nitrogen and oxygen atoms in total. The molecule has 0 atom stereocenters. The maximum atomic E-state index is 12.9. The van der Waals surface area contributed by atoms with Crippen LogP contribution in [0.2, 0.25) is 10.0 Å². The van der Waals surface area contributed by atoms with Crippen LogP contribution in [0.15, 0.2) is 42.7 Å². The van der Waals surface area contributed by atoms with E-state index in [2.05, 4.69) is 0 Å². The van der Waals surface area contributed by atoms with Gasteiger partial charge in [-0.25, -0.2) is 9.80 Å². The highest BCUT2D eigenvalue weighted by molar-refractivity contribution is 6.34. The first-order valence-corrected chi connectivity index (χ1v) is 7.92. The molecule has 122 valence electrons. The average Bonchev–Trinajstić information content (AvgIpc) is 3.00. The summed E-state index contributed by atoms with van der Waals surface area (Å²) in [4.78, 5) is 14.6. The van der Waals surface area contributed by atoms with Crippen LogP contribution in [-0.4, -0.2) is 29.1 Å². The third-order valence-electron chi connectivity index (χ3n) is 4.00. The Morgan fingerprint density at radius 1 is 1.04 bits per heavy atom. The van der Waals surface area contributed by atoms with Crippen LogP contribution in [0.1, 0.15) is 19.4 Å². The van der Waals surface area contributed by atoms with Gasteiger partial charge in [0, 0.05) is 22.4 Å². The molecule has 0 N–H and O–H groups in total. The number of halogens is 2. The molecule has 0 spiro atoms. The Labute approximate surface area is 144 Å². The number of benzene rings is 1. The highest BCUT2D eigenvalue weighted by Gasteiger charge is 2.38. The number of hydrogen-bond acceptors (Lipinski definition) is 2. The van der Waals surface area contributed by atoms with Gasteiger partial charge in [0.25, 0.3) is 0 Å². The Morgan fingerprint density at radius 3 is 2.26 bits per heavy atom. The fraction of sp³-hybridized carbons (Fsp3) is 0.312. The Balaban J connectivity index is 1.93. The maximum absolute atomic E-state index is 12.9. The summed E-state index contributed by atoms with van der Waals surface area (Å²) in [6.45, 7) is 4.29. The van der Waals surface area contributed by atoms with Gasteiger partial charge in [-0.05, 0) is 49.7 Å². The van der Waals surface area contributed by atoms with Gasteiger partial charge in [0.05, 0.1) is 5.54 Å².